The van der Waals surface area contributed by atoms with Crippen LogP contribution in [-0.4, -0.2) is 29.2 Å². The molecule has 1 rings (SSSR count). The Morgan fingerprint density at radius 3 is 2.61 bits per heavy atom. The van der Waals surface area contributed by atoms with Gasteiger partial charge in [-0.15, -0.1) is 0 Å². The van der Waals surface area contributed by atoms with E-state index in [9.17, 15) is 9.90 Å². The van der Waals surface area contributed by atoms with Gasteiger partial charge in [-0.05, 0) is 39.0 Å². The van der Waals surface area contributed by atoms with Crippen LogP contribution in [0.25, 0.3) is 0 Å². The fourth-order valence-electron chi connectivity index (χ4n) is 2.94. The Hall–Kier alpha value is -1.37. The number of hydrogen-bond acceptors (Lipinski definition) is 3. The van der Waals surface area contributed by atoms with Crippen LogP contribution in [0.5, 0.6) is 0 Å². The van der Waals surface area contributed by atoms with Crippen LogP contribution in [0.3, 0.4) is 0 Å². The molecule has 0 aliphatic carbocycles. The van der Waals surface area contributed by atoms with Gasteiger partial charge in [0, 0.05) is 11.8 Å². The van der Waals surface area contributed by atoms with E-state index in [1.807, 2.05) is 19.9 Å². The van der Waals surface area contributed by atoms with E-state index >= 15 is 0 Å². The molecule has 1 aliphatic rings. The van der Waals surface area contributed by atoms with Gasteiger partial charge in [0.1, 0.15) is 18.0 Å². The number of ether oxygens (including phenoxy) is 1. The van der Waals surface area contributed by atoms with E-state index in [-0.39, 0.29) is 23.4 Å². The van der Waals surface area contributed by atoms with Crippen molar-refractivity contribution in [1.29, 1.82) is 0 Å². The lowest BCUT2D eigenvalue weighted by molar-refractivity contribution is -0.125. The monoisotopic (exact) mass is 388 g/mol. The lowest BCUT2D eigenvalue weighted by Gasteiger charge is -2.20. The maximum Gasteiger partial charge on any atom is 0.144 e. The molecular weight excluding hydrogens is 348 g/mol. The molecule has 1 N–H and O–H groups in total. The molecule has 1 saturated heterocycles. The molecule has 28 heavy (non-hydrogen) atoms. The number of ketones is 1. The van der Waals surface area contributed by atoms with Crippen LogP contribution in [-0.2, 0) is 9.53 Å². The Labute approximate surface area is 172 Å². The summed E-state index contributed by atoms with van der Waals surface area (Å²) in [6.45, 7) is 7.91. The molecule has 0 bridgehead atoms. The summed E-state index contributed by atoms with van der Waals surface area (Å²) >= 11 is 0. The number of carbonyl (C=O) groups excluding carboxylic acids is 1. The van der Waals surface area contributed by atoms with Crippen molar-refractivity contribution in [1.82, 2.24) is 0 Å². The Morgan fingerprint density at radius 2 is 1.89 bits per heavy atom. The smallest absolute Gasteiger partial charge is 0.144 e. The molecule has 0 spiro atoms. The van der Waals surface area contributed by atoms with Gasteiger partial charge in [0.05, 0.1) is 6.10 Å². The second kappa shape index (κ2) is 13.7. The van der Waals surface area contributed by atoms with Crippen LogP contribution in [0.15, 0.2) is 24.3 Å². The van der Waals surface area contributed by atoms with Crippen molar-refractivity contribution >= 4 is 5.78 Å². The Morgan fingerprint density at radius 1 is 1.14 bits per heavy atom. The number of rotatable bonds is 14. The third kappa shape index (κ3) is 11.5. The Kier molecular flexibility index (Phi) is 12.1. The number of epoxide rings is 1. The fraction of sp³-hybridized carbons (Fsp3) is 0.720. The van der Waals surface area contributed by atoms with Gasteiger partial charge >= 0.3 is 0 Å². The first-order valence-electron chi connectivity index (χ1n) is 11.0. The van der Waals surface area contributed by atoms with Crippen LogP contribution in [0.4, 0.5) is 0 Å². The second-order valence-electron chi connectivity index (χ2n) is 8.50. The fourth-order valence-corrected chi connectivity index (χ4v) is 2.94. The van der Waals surface area contributed by atoms with Crippen LogP contribution in [0.2, 0.25) is 0 Å². The van der Waals surface area contributed by atoms with Gasteiger partial charge in [-0.2, -0.15) is 0 Å². The largest absolute Gasteiger partial charge is 0.380 e. The molecule has 1 heterocycles. The van der Waals surface area contributed by atoms with E-state index in [1.54, 1.807) is 6.92 Å². The van der Waals surface area contributed by atoms with E-state index < -0.39 is 6.10 Å². The van der Waals surface area contributed by atoms with Crippen molar-refractivity contribution in [2.24, 2.45) is 5.41 Å². The minimum Gasteiger partial charge on any atom is -0.380 e. The number of aliphatic hydroxyl groups is 1. The quantitative estimate of drug-likeness (QED) is 0.178. The van der Waals surface area contributed by atoms with Crippen molar-refractivity contribution in [3.05, 3.63) is 24.3 Å². The van der Waals surface area contributed by atoms with E-state index in [4.69, 9.17) is 4.74 Å². The van der Waals surface area contributed by atoms with Crippen LogP contribution >= 0.6 is 0 Å². The molecular formula is C25H40O3. The highest BCUT2D eigenvalue weighted by molar-refractivity contribution is 5.81. The zero-order valence-electron chi connectivity index (χ0n) is 18.4. The Balaban J connectivity index is 2.09. The van der Waals surface area contributed by atoms with E-state index in [0.717, 1.165) is 38.5 Å². The molecule has 0 aromatic rings. The highest BCUT2D eigenvalue weighted by atomic mass is 16.6. The summed E-state index contributed by atoms with van der Waals surface area (Å²) in [4.78, 5) is 11.5. The minimum absolute atomic E-state index is 0.0227. The maximum atomic E-state index is 11.5. The molecule has 158 valence electrons. The topological polar surface area (TPSA) is 49.8 Å². The lowest BCUT2D eigenvalue weighted by Crippen LogP contribution is -2.20. The number of aliphatic hydroxyl groups excluding tert-OH is 1. The van der Waals surface area contributed by atoms with Crippen LogP contribution in [0.1, 0.15) is 91.9 Å². The average molecular weight is 389 g/mol. The number of unbranched alkanes of at least 4 members (excludes halogenated alkanes) is 4. The van der Waals surface area contributed by atoms with Gasteiger partial charge in [0.15, 0.2) is 0 Å². The standard InChI is InChI=1S/C25H40O3/c1-5-6-7-8-9-10-11-12-13-16-22(27)18-19-24-23(28-24)17-14-15-20-25(3,4)21(2)26/h9-10,12-13,22-24,27H,5-8,11,14-17,20H2,1-4H3/b10-9-,13-12-. The SMILES string of the molecule is CCCCC/C=C\C/C=C\CC(O)C#CC1OC1CCCCC(C)(C)C(C)=O. The predicted octanol–water partition coefficient (Wildman–Crippen LogP) is 5.77. The summed E-state index contributed by atoms with van der Waals surface area (Å²) in [7, 11) is 0. The molecule has 1 fully saturated rings. The van der Waals surface area contributed by atoms with Gasteiger partial charge < -0.3 is 9.84 Å². The molecule has 3 atom stereocenters. The molecule has 0 aromatic carbocycles. The first-order valence-corrected chi connectivity index (χ1v) is 11.0. The summed E-state index contributed by atoms with van der Waals surface area (Å²) in [5.74, 6) is 6.19. The molecule has 1 aliphatic heterocycles. The molecule has 0 saturated carbocycles. The van der Waals surface area contributed by atoms with Crippen molar-refractivity contribution in [3.8, 4) is 11.8 Å². The van der Waals surface area contributed by atoms with Gasteiger partial charge in [-0.1, -0.05) is 82.6 Å². The van der Waals surface area contributed by atoms with Gasteiger partial charge in [-0.3, -0.25) is 4.79 Å². The summed E-state index contributed by atoms with van der Waals surface area (Å²) in [6.07, 6.45) is 18.5. The maximum absolute atomic E-state index is 11.5. The molecule has 0 amide bonds. The molecule has 0 radical (unpaired) electrons. The van der Waals surface area contributed by atoms with Crippen LogP contribution in [0, 0.1) is 17.3 Å². The summed E-state index contributed by atoms with van der Waals surface area (Å²) in [6, 6.07) is 0. The van der Waals surface area contributed by atoms with Crippen molar-refractivity contribution in [2.75, 3.05) is 0 Å². The zero-order chi connectivity index (χ0) is 20.8. The molecule has 3 unspecified atom stereocenters. The first kappa shape index (κ1) is 24.7. The highest BCUT2D eigenvalue weighted by Crippen LogP contribution is 2.29. The number of carbonyl (C=O) groups is 1. The van der Waals surface area contributed by atoms with E-state index in [2.05, 4.69) is 37.0 Å². The zero-order valence-corrected chi connectivity index (χ0v) is 18.4. The highest BCUT2D eigenvalue weighted by Gasteiger charge is 2.36. The third-order valence-corrected chi connectivity index (χ3v) is 5.41. The predicted molar refractivity (Wildman–Crippen MR) is 117 cm³/mol. The number of Topliss-reactive ketones (excluding diaryl/α,β-unsaturated/α-hetero) is 1. The van der Waals surface area contributed by atoms with Crippen molar-refractivity contribution in [3.63, 3.8) is 0 Å². The summed E-state index contributed by atoms with van der Waals surface area (Å²) in [5.41, 5.74) is -0.216. The molecule has 3 nitrogen and oxygen atoms in total. The van der Waals surface area contributed by atoms with Gasteiger partial charge in [0.2, 0.25) is 0 Å². The molecule has 0 aromatic heterocycles. The van der Waals surface area contributed by atoms with Crippen molar-refractivity contribution in [2.45, 2.75) is 110 Å². The number of hydrogen-bond donors (Lipinski definition) is 1. The minimum atomic E-state index is -0.619. The second-order valence-corrected chi connectivity index (χ2v) is 8.50. The van der Waals surface area contributed by atoms with Crippen molar-refractivity contribution < 1.29 is 14.6 Å². The van der Waals surface area contributed by atoms with Crippen LogP contribution < -0.4 is 0 Å². The summed E-state index contributed by atoms with van der Waals surface area (Å²) < 4.78 is 5.57. The van der Waals surface area contributed by atoms with Gasteiger partial charge in [-0.25, -0.2) is 0 Å². The van der Waals surface area contributed by atoms with E-state index in [1.165, 1.54) is 19.3 Å². The normalized spacial score (nSPS) is 20.3. The number of allylic oxidation sites excluding steroid dienone is 3. The Bertz CT molecular complexity index is 562. The van der Waals surface area contributed by atoms with Gasteiger partial charge in [0.25, 0.3) is 0 Å². The third-order valence-electron chi connectivity index (χ3n) is 5.41. The van der Waals surface area contributed by atoms with E-state index in [0.29, 0.717) is 6.42 Å². The first-order chi connectivity index (χ1) is 13.4. The lowest BCUT2D eigenvalue weighted by atomic mass is 9.83. The molecule has 3 heteroatoms. The average Bonchev–Trinajstić information content (AvgIpc) is 3.40. The summed E-state index contributed by atoms with van der Waals surface area (Å²) in [5, 5.41) is 9.94.